The monoisotopic (exact) mass is 240 g/mol. The van der Waals surface area contributed by atoms with E-state index in [0.29, 0.717) is 11.3 Å². The predicted molar refractivity (Wildman–Crippen MR) is 66.0 cm³/mol. The maximum atomic E-state index is 8.77. The molecule has 0 aromatic heterocycles. The lowest BCUT2D eigenvalue weighted by Gasteiger charge is -2.08. The van der Waals surface area contributed by atoms with E-state index in [1.54, 1.807) is 7.11 Å². The standard InChI is InChI=1S/C14H12N2O2/c1-9-3-11-5-13(17-2)12(6-14(11)18-9)4-10(7-15)8-16/h4-6,9H,3H2,1-2H3/t9-/m1/s1. The van der Waals surface area contributed by atoms with Crippen molar-refractivity contribution >= 4 is 6.08 Å². The molecule has 0 unspecified atom stereocenters. The van der Waals surface area contributed by atoms with Crippen LogP contribution in [0.15, 0.2) is 17.7 Å². The maximum Gasteiger partial charge on any atom is 0.130 e. The second-order valence-electron chi connectivity index (χ2n) is 4.12. The highest BCUT2D eigenvalue weighted by molar-refractivity contribution is 5.68. The number of nitrogens with zero attached hydrogens (tertiary/aromatic N) is 2. The number of hydrogen-bond donors (Lipinski definition) is 0. The Kier molecular flexibility index (Phi) is 3.21. The van der Waals surface area contributed by atoms with Crippen LogP contribution >= 0.6 is 0 Å². The second-order valence-corrected chi connectivity index (χ2v) is 4.12. The largest absolute Gasteiger partial charge is 0.496 e. The van der Waals surface area contributed by atoms with Crippen LogP contribution in [0.3, 0.4) is 0 Å². The number of fused-ring (bicyclic) bond motifs is 1. The third kappa shape index (κ3) is 2.14. The van der Waals surface area contributed by atoms with Crippen molar-refractivity contribution in [3.05, 3.63) is 28.8 Å². The summed E-state index contributed by atoms with van der Waals surface area (Å²) in [6, 6.07) is 7.37. The van der Waals surface area contributed by atoms with Crippen LogP contribution < -0.4 is 9.47 Å². The maximum absolute atomic E-state index is 8.77. The van der Waals surface area contributed by atoms with Gasteiger partial charge in [-0.3, -0.25) is 0 Å². The first-order valence-corrected chi connectivity index (χ1v) is 5.57. The van der Waals surface area contributed by atoms with E-state index in [1.165, 1.54) is 6.08 Å². The molecule has 0 N–H and O–H groups in total. The van der Waals surface area contributed by atoms with Crippen molar-refractivity contribution in [2.45, 2.75) is 19.4 Å². The number of methoxy groups -OCH3 is 1. The molecule has 1 aromatic carbocycles. The van der Waals surface area contributed by atoms with Crippen molar-refractivity contribution in [1.29, 1.82) is 10.5 Å². The Labute approximate surface area is 106 Å². The van der Waals surface area contributed by atoms with Crippen molar-refractivity contribution in [1.82, 2.24) is 0 Å². The number of hydrogen-bond acceptors (Lipinski definition) is 4. The fraction of sp³-hybridized carbons (Fsp3) is 0.286. The zero-order valence-corrected chi connectivity index (χ0v) is 10.2. The van der Waals surface area contributed by atoms with Crippen LogP contribution in [-0.4, -0.2) is 13.2 Å². The number of nitriles is 2. The van der Waals surface area contributed by atoms with E-state index in [1.807, 2.05) is 31.2 Å². The summed E-state index contributed by atoms with van der Waals surface area (Å²) in [6.07, 6.45) is 2.50. The molecule has 4 nitrogen and oxygen atoms in total. The van der Waals surface area contributed by atoms with Gasteiger partial charge in [0, 0.05) is 17.5 Å². The van der Waals surface area contributed by atoms with E-state index in [0.717, 1.165) is 17.7 Å². The Morgan fingerprint density at radius 2 is 2.17 bits per heavy atom. The Morgan fingerprint density at radius 1 is 1.44 bits per heavy atom. The molecule has 1 atom stereocenters. The van der Waals surface area contributed by atoms with E-state index < -0.39 is 0 Å². The molecule has 0 saturated heterocycles. The Morgan fingerprint density at radius 3 is 2.78 bits per heavy atom. The lowest BCUT2D eigenvalue weighted by molar-refractivity contribution is 0.254. The molecule has 0 fully saturated rings. The normalized spacial score (nSPS) is 15.9. The van der Waals surface area contributed by atoms with Gasteiger partial charge in [0.25, 0.3) is 0 Å². The minimum atomic E-state index is 0.0410. The van der Waals surface area contributed by atoms with Crippen LogP contribution in [-0.2, 0) is 6.42 Å². The molecular formula is C14H12N2O2. The molecule has 18 heavy (non-hydrogen) atoms. The van der Waals surface area contributed by atoms with Crippen molar-refractivity contribution < 1.29 is 9.47 Å². The minimum Gasteiger partial charge on any atom is -0.496 e. The molecule has 90 valence electrons. The summed E-state index contributed by atoms with van der Waals surface area (Å²) < 4.78 is 10.9. The lowest BCUT2D eigenvalue weighted by Crippen LogP contribution is -2.05. The van der Waals surface area contributed by atoms with Gasteiger partial charge in [-0.25, -0.2) is 0 Å². The smallest absolute Gasteiger partial charge is 0.130 e. The highest BCUT2D eigenvalue weighted by Gasteiger charge is 2.21. The SMILES string of the molecule is COc1cc2c(cc1C=C(C#N)C#N)O[C@H](C)C2. The van der Waals surface area contributed by atoms with Crippen LogP contribution in [0.4, 0.5) is 0 Å². The molecule has 0 aliphatic carbocycles. The van der Waals surface area contributed by atoms with Gasteiger partial charge in [-0.15, -0.1) is 0 Å². The Bertz CT molecular complexity index is 575. The molecule has 0 saturated carbocycles. The molecular weight excluding hydrogens is 228 g/mol. The molecule has 0 amide bonds. The van der Waals surface area contributed by atoms with Crippen LogP contribution in [0.1, 0.15) is 18.1 Å². The number of ether oxygens (including phenoxy) is 2. The van der Waals surface area contributed by atoms with E-state index in [-0.39, 0.29) is 11.7 Å². The summed E-state index contributed by atoms with van der Waals surface area (Å²) in [5, 5.41) is 17.5. The van der Waals surface area contributed by atoms with Gasteiger partial charge >= 0.3 is 0 Å². The van der Waals surface area contributed by atoms with Gasteiger partial charge in [-0.2, -0.15) is 10.5 Å². The van der Waals surface area contributed by atoms with Gasteiger partial charge < -0.3 is 9.47 Å². The fourth-order valence-corrected chi connectivity index (χ4v) is 1.99. The zero-order valence-electron chi connectivity index (χ0n) is 10.2. The van der Waals surface area contributed by atoms with Gasteiger partial charge in [0.15, 0.2) is 0 Å². The zero-order chi connectivity index (χ0) is 13.1. The van der Waals surface area contributed by atoms with Crippen LogP contribution in [0.2, 0.25) is 0 Å². The average molecular weight is 240 g/mol. The van der Waals surface area contributed by atoms with Crippen molar-refractivity contribution in [2.24, 2.45) is 0 Å². The Balaban J connectivity index is 2.50. The third-order valence-electron chi connectivity index (χ3n) is 2.79. The summed E-state index contributed by atoms with van der Waals surface area (Å²) in [6.45, 7) is 2.00. The molecule has 0 spiro atoms. The van der Waals surface area contributed by atoms with Crippen molar-refractivity contribution in [3.8, 4) is 23.6 Å². The molecule has 0 bridgehead atoms. The molecule has 1 aliphatic heterocycles. The first-order valence-electron chi connectivity index (χ1n) is 5.57. The predicted octanol–water partition coefficient (Wildman–Crippen LogP) is 2.45. The summed E-state index contributed by atoms with van der Waals surface area (Å²) in [7, 11) is 1.57. The van der Waals surface area contributed by atoms with Crippen molar-refractivity contribution in [3.63, 3.8) is 0 Å². The highest BCUT2D eigenvalue weighted by Crippen LogP contribution is 2.35. The van der Waals surface area contributed by atoms with E-state index in [2.05, 4.69) is 0 Å². The van der Waals surface area contributed by atoms with E-state index >= 15 is 0 Å². The summed E-state index contributed by atoms with van der Waals surface area (Å²) >= 11 is 0. The van der Waals surface area contributed by atoms with Gasteiger partial charge in [0.2, 0.25) is 0 Å². The third-order valence-corrected chi connectivity index (χ3v) is 2.79. The topological polar surface area (TPSA) is 66.0 Å². The van der Waals surface area contributed by atoms with Crippen LogP contribution in [0, 0.1) is 22.7 Å². The molecule has 1 aliphatic rings. The lowest BCUT2D eigenvalue weighted by atomic mass is 10.0. The van der Waals surface area contributed by atoms with Gasteiger partial charge in [-0.1, -0.05) is 0 Å². The summed E-state index contributed by atoms with van der Waals surface area (Å²) in [5.41, 5.74) is 1.81. The first kappa shape index (κ1) is 12.0. The first-order chi connectivity index (χ1) is 8.67. The van der Waals surface area contributed by atoms with Gasteiger partial charge in [0.1, 0.15) is 35.3 Å². The minimum absolute atomic E-state index is 0.0410. The average Bonchev–Trinajstić information content (AvgIpc) is 2.73. The van der Waals surface area contributed by atoms with Crippen LogP contribution in [0.25, 0.3) is 6.08 Å². The van der Waals surface area contributed by atoms with Gasteiger partial charge in [0.05, 0.1) is 7.11 Å². The summed E-state index contributed by atoms with van der Waals surface area (Å²) in [5.74, 6) is 1.44. The molecule has 2 rings (SSSR count). The van der Waals surface area contributed by atoms with Crippen molar-refractivity contribution in [2.75, 3.05) is 7.11 Å². The molecule has 0 radical (unpaired) electrons. The quantitative estimate of drug-likeness (QED) is 0.745. The molecule has 1 heterocycles. The number of rotatable bonds is 2. The fourth-order valence-electron chi connectivity index (χ4n) is 1.99. The highest BCUT2D eigenvalue weighted by atomic mass is 16.5. The van der Waals surface area contributed by atoms with E-state index in [4.69, 9.17) is 20.0 Å². The number of allylic oxidation sites excluding steroid dienone is 1. The summed E-state index contributed by atoms with van der Waals surface area (Å²) in [4.78, 5) is 0. The molecule has 1 aromatic rings. The number of benzene rings is 1. The van der Waals surface area contributed by atoms with Crippen LogP contribution in [0.5, 0.6) is 11.5 Å². The van der Waals surface area contributed by atoms with E-state index in [9.17, 15) is 0 Å². The Hall–Kier alpha value is -2.46. The molecule has 4 heteroatoms. The van der Waals surface area contributed by atoms with Gasteiger partial charge in [-0.05, 0) is 25.1 Å². The second kappa shape index (κ2) is 4.81.